The van der Waals surface area contributed by atoms with Gasteiger partial charge in [0.15, 0.2) is 0 Å². The Labute approximate surface area is 320 Å². The second-order valence-corrected chi connectivity index (χ2v) is 15.7. The van der Waals surface area contributed by atoms with Gasteiger partial charge < -0.3 is 30.1 Å². The van der Waals surface area contributed by atoms with Crippen LogP contribution in [0.4, 0.5) is 0 Å². The van der Waals surface area contributed by atoms with Crippen molar-refractivity contribution >= 4 is 29.1 Å². The summed E-state index contributed by atoms with van der Waals surface area (Å²) in [5, 5.41) is 18.6. The molecule has 0 aliphatic carbocycles. The number of ether oxygens (including phenoxy) is 2. The number of benzene rings is 1. The van der Waals surface area contributed by atoms with Crippen molar-refractivity contribution in [2.24, 2.45) is 17.8 Å². The predicted octanol–water partition coefficient (Wildman–Crippen LogP) is 6.52. The van der Waals surface area contributed by atoms with Crippen molar-refractivity contribution in [1.29, 1.82) is 0 Å². The highest BCUT2D eigenvalue weighted by molar-refractivity contribution is 7.09. The first-order valence-corrected chi connectivity index (χ1v) is 20.5. The van der Waals surface area contributed by atoms with Gasteiger partial charge in [-0.25, -0.2) is 4.98 Å². The number of thiazole rings is 1. The van der Waals surface area contributed by atoms with Crippen molar-refractivity contribution in [3.05, 3.63) is 56.9 Å². The molecule has 3 N–H and O–H groups in total. The zero-order valence-electron chi connectivity index (χ0n) is 32.9. The van der Waals surface area contributed by atoms with Crippen LogP contribution in [-0.4, -0.2) is 88.2 Å². The Morgan fingerprint density at radius 1 is 1.09 bits per heavy atom. The van der Waals surface area contributed by atoms with Gasteiger partial charge in [0.1, 0.15) is 29.6 Å². The lowest BCUT2D eigenvalue weighted by Crippen LogP contribution is -2.59. The van der Waals surface area contributed by atoms with Crippen LogP contribution in [0, 0.1) is 22.7 Å². The first kappa shape index (κ1) is 44.1. The summed E-state index contributed by atoms with van der Waals surface area (Å²) in [6.45, 7) is 15.5. The Balaban J connectivity index is 1.87. The van der Waals surface area contributed by atoms with E-state index in [1.165, 1.54) is 11.3 Å². The van der Waals surface area contributed by atoms with Crippen molar-refractivity contribution in [2.75, 3.05) is 26.5 Å². The topological polar surface area (TPSA) is 150 Å². The first-order valence-electron chi connectivity index (χ1n) is 19.6. The summed E-state index contributed by atoms with van der Waals surface area (Å²) >= 11 is 1.42. The van der Waals surface area contributed by atoms with Crippen LogP contribution in [0.5, 0.6) is 0 Å². The number of carboxylic acid groups (broad SMARTS) is 1. The van der Waals surface area contributed by atoms with E-state index < -0.39 is 30.1 Å². The van der Waals surface area contributed by atoms with Gasteiger partial charge in [-0.05, 0) is 50.1 Å². The number of aromatic nitrogens is 1. The zero-order chi connectivity index (χ0) is 38.9. The minimum absolute atomic E-state index is 0.00946. The highest BCUT2D eigenvalue weighted by atomic mass is 32.1. The summed E-state index contributed by atoms with van der Waals surface area (Å²) in [6, 6.07) is 7.75. The van der Waals surface area contributed by atoms with Crippen LogP contribution in [0.15, 0.2) is 35.7 Å². The van der Waals surface area contributed by atoms with Crippen LogP contribution in [0.1, 0.15) is 116 Å². The van der Waals surface area contributed by atoms with E-state index >= 15 is 0 Å². The van der Waals surface area contributed by atoms with Gasteiger partial charge >= 0.3 is 5.97 Å². The average molecular weight is 759 g/mol. The minimum Gasteiger partial charge on any atom is -0.481 e. The Hall–Kier alpha value is -3.26. The number of nitrogens with one attached hydrogen (secondary N) is 2. The summed E-state index contributed by atoms with van der Waals surface area (Å²) in [5.41, 5.74) is 1.56. The highest BCUT2D eigenvalue weighted by Crippen LogP contribution is 2.32. The van der Waals surface area contributed by atoms with E-state index in [4.69, 9.17) is 14.5 Å². The van der Waals surface area contributed by atoms with Crippen LogP contribution in [0.3, 0.4) is 0 Å². The summed E-state index contributed by atoms with van der Waals surface area (Å²) in [6.07, 6.45) is 4.89. The molecule has 1 aliphatic rings. The van der Waals surface area contributed by atoms with Crippen LogP contribution < -0.4 is 10.6 Å². The van der Waals surface area contributed by atoms with Crippen molar-refractivity contribution in [3.8, 4) is 0 Å². The van der Waals surface area contributed by atoms with E-state index in [-0.39, 0.29) is 55.4 Å². The van der Waals surface area contributed by atoms with E-state index in [0.717, 1.165) is 42.6 Å². The van der Waals surface area contributed by atoms with Crippen LogP contribution in [-0.2, 0) is 36.8 Å². The second-order valence-electron chi connectivity index (χ2n) is 14.8. The molecule has 0 spiro atoms. The fourth-order valence-corrected chi connectivity index (χ4v) is 7.58. The summed E-state index contributed by atoms with van der Waals surface area (Å²) in [5.74, 6) is -2.00. The van der Waals surface area contributed by atoms with Crippen LogP contribution in [0.25, 0.3) is 0 Å². The molecular formula is C40H64N5O7S+. The third-order valence-electron chi connectivity index (χ3n) is 10.2. The number of hydrogen-bond acceptors (Lipinski definition) is 9. The number of hydrogen-bond donors (Lipinski definition) is 3. The molecular weight excluding hydrogens is 695 g/mol. The van der Waals surface area contributed by atoms with Gasteiger partial charge in [0.25, 0.3) is 0 Å². The van der Waals surface area contributed by atoms with Crippen molar-refractivity contribution in [3.63, 3.8) is 0 Å². The number of piperidine rings is 1. The molecule has 2 aromatic rings. The lowest BCUT2D eigenvalue weighted by molar-refractivity contribution is -0.603. The van der Waals surface area contributed by atoms with Crippen molar-refractivity contribution < 1.29 is 33.7 Å². The highest BCUT2D eigenvalue weighted by Gasteiger charge is 2.38. The van der Waals surface area contributed by atoms with Gasteiger partial charge in [0.2, 0.25) is 24.4 Å². The number of carboxylic acids is 1. The second kappa shape index (κ2) is 22.8. The molecule has 2 amide bonds. The molecule has 3 rings (SSSR count). The van der Waals surface area contributed by atoms with E-state index in [2.05, 4.69) is 24.5 Å². The largest absolute Gasteiger partial charge is 0.481 e. The number of aliphatic carboxylic acids is 1. The maximum atomic E-state index is 14.6. The fourth-order valence-electron chi connectivity index (χ4n) is 6.71. The number of nitrogens with zero attached hydrogens (tertiary/aromatic N) is 3. The predicted molar refractivity (Wildman–Crippen MR) is 207 cm³/mol. The lowest BCUT2D eigenvalue weighted by atomic mass is 9.92. The van der Waals surface area contributed by atoms with Crippen molar-refractivity contribution in [2.45, 2.75) is 137 Å². The number of carbonyl (C=O) groups excluding carboxylic acids is 2. The summed E-state index contributed by atoms with van der Waals surface area (Å²) in [4.78, 5) is 60.0. The first-order chi connectivity index (χ1) is 25.4. The lowest BCUT2D eigenvalue weighted by Gasteiger charge is -2.39. The SMILES string of the molecule is CCCOC(CC(C(C)C)N(COCC)C(=O)C(NC(=O)C1CCCCN1)C(C)CC)c1nc(C[N+](=O)C(Cc2ccccc2)CC(C)C(=O)O)cs1. The number of nitroso groups, excluding NO2 is 1. The molecule has 0 radical (unpaired) electrons. The number of carbonyl (C=O) groups is 3. The maximum absolute atomic E-state index is 14.6. The minimum atomic E-state index is -0.932. The van der Waals surface area contributed by atoms with Gasteiger partial charge in [0.05, 0.1) is 12.0 Å². The summed E-state index contributed by atoms with van der Waals surface area (Å²) < 4.78 is 13.3. The monoisotopic (exact) mass is 758 g/mol. The Bertz CT molecular complexity index is 1420. The standard InChI is InChI=1S/C40H63N5O7S/c1-8-20-52-35(38-42-31(25-53-38)24-45(50)32(21-29(7)40(48)49)22-30-16-12-11-13-17-30)23-34(27(4)5)44(26-51-10-3)39(47)36(28(6)9-2)43-37(46)33-18-14-15-19-41-33/h11-13,16-17,25,27-29,32-36,41H,8-10,14-15,18-24,26H2,1-7H3,(H-,43,46,48,49)/p+1. The van der Waals surface area contributed by atoms with Crippen LogP contribution in [0.2, 0.25) is 0 Å². The smallest absolute Gasteiger partial charge is 0.306 e. The zero-order valence-corrected chi connectivity index (χ0v) is 33.7. The molecule has 53 heavy (non-hydrogen) atoms. The molecule has 7 atom stereocenters. The molecule has 1 aromatic heterocycles. The van der Waals surface area contributed by atoms with Crippen molar-refractivity contribution in [1.82, 2.24) is 20.5 Å². The molecule has 7 unspecified atom stereocenters. The molecule has 1 saturated heterocycles. The molecule has 1 fully saturated rings. The third-order valence-corrected chi connectivity index (χ3v) is 11.2. The Morgan fingerprint density at radius 3 is 2.43 bits per heavy atom. The quantitative estimate of drug-likeness (QED) is 0.0803. The van der Waals surface area contributed by atoms with E-state index in [0.29, 0.717) is 43.2 Å². The normalized spacial score (nSPS) is 18.1. The van der Waals surface area contributed by atoms with Gasteiger partial charge in [-0.15, -0.1) is 11.3 Å². The fraction of sp³-hybridized carbons (Fsp3) is 0.700. The molecule has 1 aromatic carbocycles. The van der Waals surface area contributed by atoms with E-state index in [1.54, 1.807) is 11.8 Å². The molecule has 12 nitrogen and oxygen atoms in total. The number of rotatable bonds is 24. The molecule has 2 heterocycles. The average Bonchev–Trinajstić information content (AvgIpc) is 3.62. The molecule has 296 valence electrons. The van der Waals surface area contributed by atoms with E-state index in [1.807, 2.05) is 63.4 Å². The molecule has 13 heteroatoms. The number of amides is 2. The van der Waals surface area contributed by atoms with Crippen LogP contribution >= 0.6 is 11.3 Å². The van der Waals surface area contributed by atoms with Gasteiger partial charge in [-0.2, -0.15) is 0 Å². The summed E-state index contributed by atoms with van der Waals surface area (Å²) in [7, 11) is 0. The van der Waals surface area contributed by atoms with E-state index in [9.17, 15) is 24.4 Å². The third kappa shape index (κ3) is 13.8. The van der Waals surface area contributed by atoms with Gasteiger partial charge in [0, 0.05) is 53.6 Å². The Kier molecular flexibility index (Phi) is 19.0. The molecule has 0 bridgehead atoms. The molecule has 0 saturated carbocycles. The van der Waals surface area contributed by atoms with Gasteiger partial charge in [-0.3, -0.25) is 14.4 Å². The molecule has 1 aliphatic heterocycles. The van der Waals surface area contributed by atoms with Gasteiger partial charge in [-0.1, -0.05) is 84.7 Å². The Morgan fingerprint density at radius 2 is 1.83 bits per heavy atom. The maximum Gasteiger partial charge on any atom is 0.306 e.